The molecule has 2 aliphatic rings. The Hall–Kier alpha value is -2.63. The van der Waals surface area contributed by atoms with Gasteiger partial charge in [-0.1, -0.05) is 6.92 Å². The van der Waals surface area contributed by atoms with Crippen molar-refractivity contribution in [2.24, 2.45) is 5.92 Å². The minimum Gasteiger partial charge on any atom is -0.372 e. The molecule has 148 valence electrons. The van der Waals surface area contributed by atoms with Crippen LogP contribution in [0.25, 0.3) is 0 Å². The maximum absolute atomic E-state index is 12.7. The third kappa shape index (κ3) is 4.43. The van der Waals surface area contributed by atoms with E-state index in [4.69, 9.17) is 0 Å². The molecule has 0 unspecified atom stereocenters. The van der Waals surface area contributed by atoms with Crippen LogP contribution in [0.15, 0.2) is 36.5 Å². The second kappa shape index (κ2) is 8.59. The summed E-state index contributed by atoms with van der Waals surface area (Å²) in [5.74, 6) is 1.20. The zero-order valence-electron chi connectivity index (χ0n) is 16.6. The molecule has 2 aliphatic heterocycles. The fourth-order valence-electron chi connectivity index (χ4n) is 3.94. The molecule has 0 aliphatic carbocycles. The molecular formula is C22H29N5O. The van der Waals surface area contributed by atoms with Crippen LogP contribution in [-0.2, 0) is 0 Å². The molecule has 6 nitrogen and oxygen atoms in total. The van der Waals surface area contributed by atoms with Crippen molar-refractivity contribution in [3.63, 3.8) is 0 Å². The van der Waals surface area contributed by atoms with Gasteiger partial charge in [0.1, 0.15) is 5.69 Å². The van der Waals surface area contributed by atoms with Crippen LogP contribution in [0.1, 0.15) is 49.5 Å². The Labute approximate surface area is 167 Å². The third-order valence-electron chi connectivity index (χ3n) is 5.79. The summed E-state index contributed by atoms with van der Waals surface area (Å²) in [6.07, 6.45) is 7.79. The summed E-state index contributed by atoms with van der Waals surface area (Å²) < 4.78 is 0. The van der Waals surface area contributed by atoms with Gasteiger partial charge in [-0.2, -0.15) is 0 Å². The molecule has 2 saturated heterocycles. The van der Waals surface area contributed by atoms with E-state index in [9.17, 15) is 4.79 Å². The van der Waals surface area contributed by atoms with E-state index in [1.807, 2.05) is 12.1 Å². The number of nitrogens with zero attached hydrogens (tertiary/aromatic N) is 4. The highest BCUT2D eigenvalue weighted by Gasteiger charge is 2.19. The monoisotopic (exact) mass is 379 g/mol. The first-order chi connectivity index (χ1) is 13.7. The zero-order valence-corrected chi connectivity index (χ0v) is 16.6. The van der Waals surface area contributed by atoms with Crippen LogP contribution in [-0.4, -0.2) is 42.1 Å². The Bertz CT molecular complexity index is 793. The van der Waals surface area contributed by atoms with Gasteiger partial charge in [0.15, 0.2) is 0 Å². The zero-order chi connectivity index (χ0) is 19.3. The van der Waals surface area contributed by atoms with Crippen LogP contribution >= 0.6 is 0 Å². The number of piperidine rings is 2. The van der Waals surface area contributed by atoms with Crippen molar-refractivity contribution in [3.8, 4) is 0 Å². The fraction of sp³-hybridized carbons (Fsp3) is 0.500. The van der Waals surface area contributed by atoms with Crippen LogP contribution in [0.2, 0.25) is 0 Å². The summed E-state index contributed by atoms with van der Waals surface area (Å²) in [7, 11) is 0. The predicted molar refractivity (Wildman–Crippen MR) is 113 cm³/mol. The van der Waals surface area contributed by atoms with Crippen molar-refractivity contribution in [2.75, 3.05) is 41.3 Å². The van der Waals surface area contributed by atoms with Crippen molar-refractivity contribution < 1.29 is 4.79 Å². The molecule has 2 fully saturated rings. The van der Waals surface area contributed by atoms with E-state index in [1.165, 1.54) is 24.9 Å². The molecule has 1 amide bonds. The quantitative estimate of drug-likeness (QED) is 0.871. The SMILES string of the molecule is CC1CCN(c2nccc(C(=O)Nc3ccc(N4CCCCC4)cc3)n2)CC1. The van der Waals surface area contributed by atoms with Gasteiger partial charge in [-0.25, -0.2) is 9.97 Å². The van der Waals surface area contributed by atoms with Crippen molar-refractivity contribution >= 4 is 23.2 Å². The standard InChI is InChI=1S/C22H29N5O/c1-17-10-15-27(16-11-17)22-23-12-9-20(25-22)21(28)24-18-5-7-19(8-6-18)26-13-3-2-4-14-26/h5-9,12,17H,2-4,10-11,13-16H2,1H3,(H,24,28). The normalized spacial score (nSPS) is 18.2. The van der Waals surface area contributed by atoms with E-state index in [-0.39, 0.29) is 5.91 Å². The molecule has 6 heteroatoms. The molecule has 0 atom stereocenters. The largest absolute Gasteiger partial charge is 0.372 e. The van der Waals surface area contributed by atoms with Crippen LogP contribution in [0.5, 0.6) is 0 Å². The summed E-state index contributed by atoms with van der Waals surface area (Å²) in [6.45, 7) is 6.41. The third-order valence-corrected chi connectivity index (χ3v) is 5.79. The van der Waals surface area contributed by atoms with E-state index in [0.717, 1.165) is 50.6 Å². The van der Waals surface area contributed by atoms with Crippen molar-refractivity contribution in [3.05, 3.63) is 42.2 Å². The summed E-state index contributed by atoms with van der Waals surface area (Å²) in [5, 5.41) is 2.96. The Kier molecular flexibility index (Phi) is 5.74. The lowest BCUT2D eigenvalue weighted by atomic mass is 10.00. The van der Waals surface area contributed by atoms with E-state index >= 15 is 0 Å². The van der Waals surface area contributed by atoms with Crippen LogP contribution in [0, 0.1) is 5.92 Å². The second-order valence-electron chi connectivity index (χ2n) is 7.96. The number of anilines is 3. The topological polar surface area (TPSA) is 61.4 Å². The number of benzene rings is 1. The summed E-state index contributed by atoms with van der Waals surface area (Å²) in [6, 6.07) is 9.78. The molecule has 1 aromatic heterocycles. The molecule has 2 aromatic rings. The van der Waals surface area contributed by atoms with Crippen molar-refractivity contribution in [1.29, 1.82) is 0 Å². The molecule has 0 bridgehead atoms. The molecule has 0 spiro atoms. The Balaban J connectivity index is 1.40. The Morgan fingerprint density at radius 3 is 2.39 bits per heavy atom. The maximum atomic E-state index is 12.7. The number of carbonyl (C=O) groups excluding carboxylic acids is 1. The highest BCUT2D eigenvalue weighted by Crippen LogP contribution is 2.23. The molecule has 1 N–H and O–H groups in total. The van der Waals surface area contributed by atoms with Gasteiger partial charge in [0.25, 0.3) is 5.91 Å². The summed E-state index contributed by atoms with van der Waals surface area (Å²) in [4.78, 5) is 26.1. The highest BCUT2D eigenvalue weighted by atomic mass is 16.1. The van der Waals surface area contributed by atoms with Gasteiger partial charge in [0.05, 0.1) is 0 Å². The van der Waals surface area contributed by atoms with Gasteiger partial charge in [0.2, 0.25) is 5.95 Å². The Morgan fingerprint density at radius 2 is 1.68 bits per heavy atom. The molecule has 0 radical (unpaired) electrons. The van der Waals surface area contributed by atoms with Gasteiger partial charge in [-0.3, -0.25) is 4.79 Å². The van der Waals surface area contributed by atoms with E-state index in [0.29, 0.717) is 11.6 Å². The van der Waals surface area contributed by atoms with Crippen molar-refractivity contribution in [1.82, 2.24) is 9.97 Å². The number of hydrogen-bond donors (Lipinski definition) is 1. The van der Waals surface area contributed by atoms with Gasteiger partial charge < -0.3 is 15.1 Å². The number of rotatable bonds is 4. The second-order valence-corrected chi connectivity index (χ2v) is 7.96. The maximum Gasteiger partial charge on any atom is 0.274 e. The first-order valence-corrected chi connectivity index (χ1v) is 10.4. The predicted octanol–water partition coefficient (Wildman–Crippen LogP) is 3.96. The first kappa shape index (κ1) is 18.7. The van der Waals surface area contributed by atoms with Gasteiger partial charge >= 0.3 is 0 Å². The average molecular weight is 380 g/mol. The lowest BCUT2D eigenvalue weighted by Crippen LogP contribution is -2.34. The van der Waals surface area contributed by atoms with Crippen LogP contribution in [0.3, 0.4) is 0 Å². The van der Waals surface area contributed by atoms with E-state index in [1.54, 1.807) is 12.3 Å². The smallest absolute Gasteiger partial charge is 0.274 e. The van der Waals surface area contributed by atoms with Crippen LogP contribution in [0.4, 0.5) is 17.3 Å². The number of nitrogens with one attached hydrogen (secondary N) is 1. The molecule has 0 saturated carbocycles. The van der Waals surface area contributed by atoms with E-state index < -0.39 is 0 Å². The minimum absolute atomic E-state index is 0.195. The van der Waals surface area contributed by atoms with Gasteiger partial charge in [-0.05, 0) is 68.4 Å². The number of carbonyl (C=O) groups is 1. The number of amides is 1. The summed E-state index contributed by atoms with van der Waals surface area (Å²) >= 11 is 0. The molecule has 3 heterocycles. The molecule has 1 aromatic carbocycles. The average Bonchev–Trinajstić information content (AvgIpc) is 2.75. The van der Waals surface area contributed by atoms with Crippen molar-refractivity contribution in [2.45, 2.75) is 39.0 Å². The molecule has 28 heavy (non-hydrogen) atoms. The number of hydrogen-bond acceptors (Lipinski definition) is 5. The van der Waals surface area contributed by atoms with Gasteiger partial charge in [0, 0.05) is 43.8 Å². The Morgan fingerprint density at radius 1 is 0.964 bits per heavy atom. The lowest BCUT2D eigenvalue weighted by Gasteiger charge is -2.30. The lowest BCUT2D eigenvalue weighted by molar-refractivity contribution is 0.102. The summed E-state index contributed by atoms with van der Waals surface area (Å²) in [5.41, 5.74) is 2.42. The van der Waals surface area contributed by atoms with E-state index in [2.05, 4.69) is 44.1 Å². The number of aromatic nitrogens is 2. The fourth-order valence-corrected chi connectivity index (χ4v) is 3.94. The molecule has 4 rings (SSSR count). The minimum atomic E-state index is -0.195. The highest BCUT2D eigenvalue weighted by molar-refractivity contribution is 6.03. The van der Waals surface area contributed by atoms with Gasteiger partial charge in [-0.15, -0.1) is 0 Å². The first-order valence-electron chi connectivity index (χ1n) is 10.4. The van der Waals surface area contributed by atoms with Crippen LogP contribution < -0.4 is 15.1 Å². The molecular weight excluding hydrogens is 350 g/mol.